The molecule has 0 amide bonds. The Bertz CT molecular complexity index is 851. The molecule has 0 saturated heterocycles. The fourth-order valence-electron chi connectivity index (χ4n) is 4.35. The van der Waals surface area contributed by atoms with Crippen LogP contribution in [0.3, 0.4) is 0 Å². The summed E-state index contributed by atoms with van der Waals surface area (Å²) in [6.07, 6.45) is 16.5. The van der Waals surface area contributed by atoms with Crippen LogP contribution < -0.4 is 0 Å². The third-order valence-corrected chi connectivity index (χ3v) is 6.49. The summed E-state index contributed by atoms with van der Waals surface area (Å²) in [5, 5.41) is 0. The zero-order valence-electron chi connectivity index (χ0n) is 20.4. The van der Waals surface area contributed by atoms with E-state index in [1.165, 1.54) is 17.0 Å². The normalized spacial score (nSPS) is 21.3. The van der Waals surface area contributed by atoms with Gasteiger partial charge in [-0.3, -0.25) is 0 Å². The summed E-state index contributed by atoms with van der Waals surface area (Å²) in [6.45, 7) is 9.61. The zero-order valence-corrected chi connectivity index (χ0v) is 21.5. The first-order valence-corrected chi connectivity index (χ1v) is 11.7. The summed E-state index contributed by atoms with van der Waals surface area (Å²) in [5.74, 6) is 3.11. The molecule has 176 valence electrons. The van der Waals surface area contributed by atoms with E-state index in [9.17, 15) is 0 Å². The Hall–Kier alpha value is -1.57. The number of benzene rings is 2. The van der Waals surface area contributed by atoms with Crippen molar-refractivity contribution in [2.45, 2.75) is 39.2 Å². The molecular formula is C31H33FeNO. The molecular weight excluding hydrogens is 458 g/mol. The summed E-state index contributed by atoms with van der Waals surface area (Å²) in [5.41, 5.74) is 2.34. The van der Waals surface area contributed by atoms with Crippen molar-refractivity contribution in [3.05, 3.63) is 135 Å². The van der Waals surface area contributed by atoms with Crippen LogP contribution in [0.2, 0.25) is 0 Å². The van der Waals surface area contributed by atoms with E-state index < -0.39 is 0 Å². The van der Waals surface area contributed by atoms with Crippen LogP contribution in [0.1, 0.15) is 38.8 Å². The Labute approximate surface area is 218 Å². The van der Waals surface area contributed by atoms with Crippen LogP contribution in [-0.4, -0.2) is 18.5 Å². The van der Waals surface area contributed by atoms with E-state index in [0.717, 1.165) is 11.8 Å². The standard InChI is InChI=1S/C26H28NO.C5H5.Fe/c1-25(2,3)23-18-28-24(27-23)21-16-11-17-22(21)26(4,19-12-7-5-8-13-19)20-14-9-6-10-15-20;1-2-4-5-3-1;/h5-17,23H,18H2,1-4H3;1-5H;/t23-;;/m1../s1. The van der Waals surface area contributed by atoms with Crippen LogP contribution in [0.5, 0.6) is 0 Å². The Kier molecular flexibility index (Phi) is 9.47. The van der Waals surface area contributed by atoms with Gasteiger partial charge in [-0.25, -0.2) is 4.99 Å². The molecule has 2 saturated carbocycles. The fraction of sp³-hybridized carbons (Fsp3) is 0.258. The third kappa shape index (κ3) is 5.97. The second-order valence-corrected chi connectivity index (χ2v) is 9.80. The Morgan fingerprint density at radius 1 is 0.706 bits per heavy atom. The number of hydrogen-bond acceptors (Lipinski definition) is 2. The average molecular weight is 491 g/mol. The molecule has 0 bridgehead atoms. The first kappa shape index (κ1) is 27.0. The largest absolute Gasteiger partial charge is 0.478 e. The molecule has 34 heavy (non-hydrogen) atoms. The summed E-state index contributed by atoms with van der Waals surface area (Å²) < 4.78 is 6.09. The quantitative estimate of drug-likeness (QED) is 0.440. The summed E-state index contributed by atoms with van der Waals surface area (Å²) in [6, 6.07) is 21.6. The van der Waals surface area contributed by atoms with Gasteiger partial charge in [0.25, 0.3) is 0 Å². The van der Waals surface area contributed by atoms with Crippen LogP contribution in [0, 0.1) is 68.6 Å². The smallest absolute Gasteiger partial charge is 0.192 e. The van der Waals surface area contributed by atoms with Crippen LogP contribution in [-0.2, 0) is 27.2 Å². The maximum absolute atomic E-state index is 6.09. The van der Waals surface area contributed by atoms with Gasteiger partial charge in [0.1, 0.15) is 6.61 Å². The minimum Gasteiger partial charge on any atom is -0.478 e. The predicted molar refractivity (Wildman–Crippen MR) is 137 cm³/mol. The molecule has 2 aromatic rings. The van der Waals surface area contributed by atoms with Crippen molar-refractivity contribution in [3.63, 3.8) is 0 Å². The van der Waals surface area contributed by atoms with Gasteiger partial charge in [-0.1, -0.05) is 88.4 Å². The van der Waals surface area contributed by atoms with Gasteiger partial charge < -0.3 is 4.74 Å². The maximum atomic E-state index is 6.09. The van der Waals surface area contributed by atoms with Gasteiger partial charge in [0.2, 0.25) is 0 Å². The SMILES string of the molecule is CC([C]1[CH][CH][CH][C]1C1=N[C@@H](C(C)(C)C)CO1)(c1ccccc1)c1ccccc1.[CH]1[CH][CH][CH][CH]1.[Fe]. The predicted octanol–water partition coefficient (Wildman–Crippen LogP) is 6.63. The van der Waals surface area contributed by atoms with Crippen molar-refractivity contribution in [3.8, 4) is 0 Å². The van der Waals surface area contributed by atoms with Crippen LogP contribution >= 0.6 is 0 Å². The van der Waals surface area contributed by atoms with E-state index in [4.69, 9.17) is 9.73 Å². The molecule has 0 aromatic heterocycles. The van der Waals surface area contributed by atoms with E-state index in [1.807, 2.05) is 32.1 Å². The average Bonchev–Trinajstić information content (AvgIpc) is 3.62. The molecule has 0 spiro atoms. The second kappa shape index (κ2) is 11.9. The molecule has 1 heterocycles. The third-order valence-electron chi connectivity index (χ3n) is 6.49. The van der Waals surface area contributed by atoms with Crippen molar-refractivity contribution < 1.29 is 21.8 Å². The van der Waals surface area contributed by atoms with Crippen LogP contribution in [0.25, 0.3) is 0 Å². The number of nitrogens with zero attached hydrogens (tertiary/aromatic N) is 1. The molecule has 2 aromatic carbocycles. The maximum Gasteiger partial charge on any atom is 0.192 e. The minimum atomic E-state index is -0.285. The number of aliphatic imine (C=N–C) groups is 1. The molecule has 1 atom stereocenters. The summed E-state index contributed by atoms with van der Waals surface area (Å²) >= 11 is 0. The van der Waals surface area contributed by atoms with E-state index in [0.29, 0.717) is 6.61 Å². The topological polar surface area (TPSA) is 21.6 Å². The van der Waals surface area contributed by atoms with Gasteiger partial charge in [-0.2, -0.15) is 0 Å². The molecule has 2 aliphatic carbocycles. The first-order chi connectivity index (χ1) is 15.9. The van der Waals surface area contributed by atoms with Gasteiger partial charge in [0.05, 0.1) is 12.0 Å². The second-order valence-electron chi connectivity index (χ2n) is 9.80. The van der Waals surface area contributed by atoms with Gasteiger partial charge in [0, 0.05) is 28.4 Å². The minimum absolute atomic E-state index is 0. The Morgan fingerprint density at radius 2 is 1.21 bits per heavy atom. The fourth-order valence-corrected chi connectivity index (χ4v) is 4.35. The monoisotopic (exact) mass is 491 g/mol. The summed E-state index contributed by atoms with van der Waals surface area (Å²) in [7, 11) is 0. The molecule has 3 aliphatic rings. The number of rotatable bonds is 4. The molecule has 3 heteroatoms. The van der Waals surface area contributed by atoms with Gasteiger partial charge in [0.15, 0.2) is 5.90 Å². The summed E-state index contributed by atoms with van der Waals surface area (Å²) in [4.78, 5) is 4.96. The molecule has 1 aliphatic heterocycles. The Balaban J connectivity index is 0.000000481. The first-order valence-electron chi connectivity index (χ1n) is 11.7. The molecule has 0 N–H and O–H groups in total. The molecule has 2 nitrogen and oxygen atoms in total. The Morgan fingerprint density at radius 3 is 1.65 bits per heavy atom. The molecule has 5 rings (SSSR count). The number of hydrogen-bond donors (Lipinski definition) is 0. The van der Waals surface area contributed by atoms with Crippen molar-refractivity contribution >= 4 is 5.90 Å². The van der Waals surface area contributed by atoms with E-state index in [-0.39, 0.29) is 33.9 Å². The molecule has 2 fully saturated rings. The van der Waals surface area contributed by atoms with Crippen LogP contribution in [0.15, 0.2) is 65.7 Å². The molecule has 10 radical (unpaired) electrons. The number of ether oxygens (including phenoxy) is 1. The van der Waals surface area contributed by atoms with Crippen LogP contribution in [0.4, 0.5) is 0 Å². The van der Waals surface area contributed by atoms with Gasteiger partial charge in [-0.15, -0.1) is 0 Å². The van der Waals surface area contributed by atoms with Crippen molar-refractivity contribution in [2.75, 3.05) is 6.61 Å². The van der Waals surface area contributed by atoms with Gasteiger partial charge >= 0.3 is 0 Å². The van der Waals surface area contributed by atoms with E-state index in [1.54, 1.807) is 0 Å². The van der Waals surface area contributed by atoms with E-state index in [2.05, 4.69) is 108 Å². The van der Waals surface area contributed by atoms with Crippen molar-refractivity contribution in [1.82, 2.24) is 0 Å². The van der Waals surface area contributed by atoms with Crippen molar-refractivity contribution in [2.24, 2.45) is 10.4 Å². The van der Waals surface area contributed by atoms with Crippen molar-refractivity contribution in [1.29, 1.82) is 0 Å². The molecule has 0 unspecified atom stereocenters. The van der Waals surface area contributed by atoms with E-state index >= 15 is 0 Å². The zero-order chi connectivity index (χ0) is 23.3. The van der Waals surface area contributed by atoms with Gasteiger partial charge in [-0.05, 0) is 67.9 Å².